The van der Waals surface area contributed by atoms with Gasteiger partial charge in [-0.3, -0.25) is 4.79 Å². The van der Waals surface area contributed by atoms with E-state index in [9.17, 15) is 4.79 Å². The molecule has 1 heterocycles. The maximum absolute atomic E-state index is 11.5. The molecule has 18 heavy (non-hydrogen) atoms. The average molecular weight is 265 g/mol. The molecular formula is C15H17ClO2. The van der Waals surface area contributed by atoms with Crippen molar-refractivity contribution in [2.75, 3.05) is 0 Å². The van der Waals surface area contributed by atoms with Crippen LogP contribution in [-0.4, -0.2) is 17.5 Å². The molecule has 2 aliphatic rings. The highest BCUT2D eigenvalue weighted by atomic mass is 35.5. The molecule has 0 amide bonds. The number of epoxide rings is 1. The molecule has 3 heteroatoms. The zero-order chi connectivity index (χ0) is 13.0. The molecule has 1 aliphatic carbocycles. The van der Waals surface area contributed by atoms with Gasteiger partial charge in [0.05, 0.1) is 0 Å². The summed E-state index contributed by atoms with van der Waals surface area (Å²) in [6.07, 6.45) is 3.82. The van der Waals surface area contributed by atoms with Crippen LogP contribution in [-0.2, 0) is 16.0 Å². The highest BCUT2D eigenvalue weighted by Crippen LogP contribution is 2.68. The molecule has 2 atom stereocenters. The first-order valence-electron chi connectivity index (χ1n) is 6.36. The van der Waals surface area contributed by atoms with Gasteiger partial charge in [-0.25, -0.2) is 0 Å². The van der Waals surface area contributed by atoms with E-state index in [2.05, 4.69) is 13.8 Å². The van der Waals surface area contributed by atoms with Gasteiger partial charge in [0.2, 0.25) is 0 Å². The van der Waals surface area contributed by atoms with Gasteiger partial charge in [0.25, 0.3) is 0 Å². The minimum absolute atomic E-state index is 0.0544. The smallest absolute Gasteiger partial charge is 0.158 e. The zero-order valence-corrected chi connectivity index (χ0v) is 11.5. The van der Waals surface area contributed by atoms with Crippen molar-refractivity contribution >= 4 is 17.9 Å². The Morgan fingerprint density at radius 2 is 1.94 bits per heavy atom. The number of halogens is 1. The lowest BCUT2D eigenvalue weighted by Crippen LogP contribution is -2.35. The summed E-state index contributed by atoms with van der Waals surface area (Å²) in [5.74, 6) is 0. The first-order valence-corrected chi connectivity index (χ1v) is 6.74. The number of hydrogen-bond acceptors (Lipinski definition) is 2. The molecule has 96 valence electrons. The fourth-order valence-corrected chi connectivity index (χ4v) is 3.58. The van der Waals surface area contributed by atoms with E-state index < -0.39 is 5.60 Å². The first-order chi connectivity index (χ1) is 8.45. The SMILES string of the molecule is CC1(C)CC[C@@]2(Cc3ccc(Cl)cc3)O[C@@]12C=O. The summed E-state index contributed by atoms with van der Waals surface area (Å²) < 4.78 is 5.93. The second-order valence-electron chi connectivity index (χ2n) is 6.14. The minimum atomic E-state index is -0.570. The van der Waals surface area contributed by atoms with Crippen molar-refractivity contribution in [1.29, 1.82) is 0 Å². The fourth-order valence-electron chi connectivity index (χ4n) is 3.45. The monoisotopic (exact) mass is 264 g/mol. The second-order valence-corrected chi connectivity index (χ2v) is 6.57. The van der Waals surface area contributed by atoms with Gasteiger partial charge in [0, 0.05) is 16.9 Å². The van der Waals surface area contributed by atoms with Crippen molar-refractivity contribution < 1.29 is 9.53 Å². The Labute approximate surface area is 112 Å². The summed E-state index contributed by atoms with van der Waals surface area (Å²) in [6, 6.07) is 7.80. The van der Waals surface area contributed by atoms with Gasteiger partial charge < -0.3 is 4.74 Å². The molecule has 0 radical (unpaired) electrons. The average Bonchev–Trinajstić information content (AvgIpc) is 2.95. The van der Waals surface area contributed by atoms with Gasteiger partial charge in [-0.15, -0.1) is 0 Å². The highest BCUT2D eigenvalue weighted by Gasteiger charge is 2.79. The van der Waals surface area contributed by atoms with Crippen molar-refractivity contribution in [1.82, 2.24) is 0 Å². The maximum atomic E-state index is 11.5. The Hall–Kier alpha value is -0.860. The molecule has 0 aromatic heterocycles. The van der Waals surface area contributed by atoms with Crippen LogP contribution in [0.15, 0.2) is 24.3 Å². The van der Waals surface area contributed by atoms with E-state index in [1.165, 1.54) is 5.56 Å². The van der Waals surface area contributed by atoms with E-state index in [0.717, 1.165) is 30.6 Å². The Morgan fingerprint density at radius 3 is 2.50 bits per heavy atom. The lowest BCUT2D eigenvalue weighted by molar-refractivity contribution is -0.115. The van der Waals surface area contributed by atoms with E-state index in [1.807, 2.05) is 24.3 Å². The van der Waals surface area contributed by atoms with E-state index in [0.29, 0.717) is 0 Å². The van der Waals surface area contributed by atoms with Crippen LogP contribution in [0.3, 0.4) is 0 Å². The Bertz CT molecular complexity index is 494. The lowest BCUT2D eigenvalue weighted by Gasteiger charge is -2.23. The predicted octanol–water partition coefficient (Wildman–Crippen LogP) is 3.41. The quantitative estimate of drug-likeness (QED) is 0.619. The standard InChI is InChI=1S/C15H17ClO2/c1-13(2)7-8-14(15(13,10-17)18-14)9-11-3-5-12(16)6-4-11/h3-6,10H,7-9H2,1-2H3/t14-,15-/m0/s1. The van der Waals surface area contributed by atoms with Crippen LogP contribution in [0.2, 0.25) is 5.02 Å². The van der Waals surface area contributed by atoms with Gasteiger partial charge in [-0.05, 0) is 30.5 Å². The van der Waals surface area contributed by atoms with Gasteiger partial charge in [-0.2, -0.15) is 0 Å². The molecule has 0 N–H and O–H groups in total. The molecule has 1 saturated heterocycles. The molecule has 3 rings (SSSR count). The van der Waals surface area contributed by atoms with Crippen molar-refractivity contribution in [3.8, 4) is 0 Å². The van der Waals surface area contributed by atoms with E-state index in [-0.39, 0.29) is 11.0 Å². The summed E-state index contributed by atoms with van der Waals surface area (Å²) in [4.78, 5) is 11.5. The largest absolute Gasteiger partial charge is 0.354 e. The number of carbonyl (C=O) groups is 1. The topological polar surface area (TPSA) is 29.6 Å². The molecule has 1 saturated carbocycles. The summed E-state index contributed by atoms with van der Waals surface area (Å²) in [5, 5.41) is 0.737. The van der Waals surface area contributed by atoms with Crippen LogP contribution < -0.4 is 0 Å². The summed E-state index contributed by atoms with van der Waals surface area (Å²) in [6.45, 7) is 4.25. The van der Waals surface area contributed by atoms with Crippen LogP contribution in [0.1, 0.15) is 32.3 Å². The Kier molecular flexibility index (Phi) is 2.43. The van der Waals surface area contributed by atoms with Crippen LogP contribution in [0.25, 0.3) is 0 Å². The van der Waals surface area contributed by atoms with Crippen LogP contribution in [0, 0.1) is 5.41 Å². The number of fused-ring (bicyclic) bond motifs is 1. The van der Waals surface area contributed by atoms with Crippen LogP contribution in [0.4, 0.5) is 0 Å². The Balaban J connectivity index is 1.87. The third-order valence-electron chi connectivity index (χ3n) is 4.72. The van der Waals surface area contributed by atoms with Crippen molar-refractivity contribution in [2.24, 2.45) is 5.41 Å². The Morgan fingerprint density at radius 1 is 1.28 bits per heavy atom. The highest BCUT2D eigenvalue weighted by molar-refractivity contribution is 6.30. The third kappa shape index (κ3) is 1.42. The van der Waals surface area contributed by atoms with Crippen molar-refractivity contribution in [3.63, 3.8) is 0 Å². The maximum Gasteiger partial charge on any atom is 0.158 e. The van der Waals surface area contributed by atoms with Gasteiger partial charge in [-0.1, -0.05) is 37.6 Å². The van der Waals surface area contributed by atoms with E-state index >= 15 is 0 Å². The molecule has 2 nitrogen and oxygen atoms in total. The number of hydrogen-bond donors (Lipinski definition) is 0. The van der Waals surface area contributed by atoms with Gasteiger partial charge in [0.1, 0.15) is 5.60 Å². The molecule has 0 unspecified atom stereocenters. The van der Waals surface area contributed by atoms with Crippen LogP contribution >= 0.6 is 11.6 Å². The van der Waals surface area contributed by atoms with Crippen LogP contribution in [0.5, 0.6) is 0 Å². The lowest BCUT2D eigenvalue weighted by atomic mass is 9.78. The molecule has 1 aromatic carbocycles. The van der Waals surface area contributed by atoms with Gasteiger partial charge in [0.15, 0.2) is 11.9 Å². The molecule has 0 bridgehead atoms. The fraction of sp³-hybridized carbons (Fsp3) is 0.533. The molecule has 1 aliphatic heterocycles. The summed E-state index contributed by atoms with van der Waals surface area (Å²) in [7, 11) is 0. The summed E-state index contributed by atoms with van der Waals surface area (Å²) >= 11 is 5.89. The molecule has 0 spiro atoms. The molecule has 2 fully saturated rings. The molecule has 1 aromatic rings. The van der Waals surface area contributed by atoms with Crippen molar-refractivity contribution in [3.05, 3.63) is 34.9 Å². The zero-order valence-electron chi connectivity index (χ0n) is 10.7. The minimum Gasteiger partial charge on any atom is -0.354 e. The first kappa shape index (κ1) is 12.2. The number of aldehydes is 1. The number of carbonyl (C=O) groups excluding carboxylic acids is 1. The predicted molar refractivity (Wildman–Crippen MR) is 70.8 cm³/mol. The van der Waals surface area contributed by atoms with E-state index in [4.69, 9.17) is 16.3 Å². The number of rotatable bonds is 3. The van der Waals surface area contributed by atoms with E-state index in [1.54, 1.807) is 0 Å². The number of ether oxygens (including phenoxy) is 1. The summed E-state index contributed by atoms with van der Waals surface area (Å²) in [5.41, 5.74) is 0.285. The normalized spacial score (nSPS) is 36.2. The number of benzene rings is 1. The third-order valence-corrected chi connectivity index (χ3v) is 4.97. The van der Waals surface area contributed by atoms with Gasteiger partial charge >= 0.3 is 0 Å². The second kappa shape index (κ2) is 3.58. The van der Waals surface area contributed by atoms with Crippen molar-refractivity contribution in [2.45, 2.75) is 44.3 Å². The molecular weight excluding hydrogens is 248 g/mol.